The van der Waals surface area contributed by atoms with Crippen LogP contribution in [0.25, 0.3) is 11.1 Å². The summed E-state index contributed by atoms with van der Waals surface area (Å²) in [5.41, 5.74) is 0.710. The van der Waals surface area contributed by atoms with E-state index in [1.165, 1.54) is 4.90 Å². The van der Waals surface area contributed by atoms with Gasteiger partial charge in [-0.3, -0.25) is 9.69 Å². The second-order valence-electron chi connectivity index (χ2n) is 9.03. The van der Waals surface area contributed by atoms with Crippen LogP contribution in [0.3, 0.4) is 0 Å². The SMILES string of the molecule is CC(C)(C)OC(=O)N1C[C@@H](Nc2nc3ccccc3o2)C[C@H]1C(=O)N1CCCC1C#N. The Morgan fingerprint density at radius 2 is 2.06 bits per heavy atom. The van der Waals surface area contributed by atoms with Crippen molar-refractivity contribution in [2.75, 3.05) is 18.4 Å². The lowest BCUT2D eigenvalue weighted by Crippen LogP contribution is -2.50. The Balaban J connectivity index is 1.54. The summed E-state index contributed by atoms with van der Waals surface area (Å²) in [5, 5.41) is 12.6. The first-order chi connectivity index (χ1) is 14.7. The van der Waals surface area contributed by atoms with E-state index in [4.69, 9.17) is 9.15 Å². The van der Waals surface area contributed by atoms with E-state index in [0.717, 1.165) is 11.9 Å². The molecule has 0 radical (unpaired) electrons. The Morgan fingerprint density at radius 1 is 1.29 bits per heavy atom. The van der Waals surface area contributed by atoms with E-state index in [1.807, 2.05) is 24.3 Å². The molecule has 1 unspecified atom stereocenters. The summed E-state index contributed by atoms with van der Waals surface area (Å²) in [6.45, 7) is 6.17. The van der Waals surface area contributed by atoms with Gasteiger partial charge >= 0.3 is 6.09 Å². The molecule has 4 rings (SSSR count). The van der Waals surface area contributed by atoms with Gasteiger partial charge in [0.2, 0.25) is 5.91 Å². The predicted octanol–water partition coefficient (Wildman–Crippen LogP) is 3.13. The Bertz CT molecular complexity index is 988. The molecule has 2 amide bonds. The summed E-state index contributed by atoms with van der Waals surface area (Å²) in [4.78, 5) is 33.6. The molecule has 3 heterocycles. The molecule has 2 fully saturated rings. The standard InChI is InChI=1S/C22H27N5O4/c1-22(2,3)31-21(29)27-13-14(24-20-25-16-8-4-5-9-18(16)30-20)11-17(27)19(28)26-10-6-7-15(26)12-23/h4-5,8-9,14-15,17H,6-7,10-11,13H2,1-3H3,(H,24,25)/t14-,15?,17-/m0/s1. The number of fused-ring (bicyclic) bond motifs is 1. The summed E-state index contributed by atoms with van der Waals surface area (Å²) in [7, 11) is 0. The summed E-state index contributed by atoms with van der Waals surface area (Å²) in [6.07, 6.45) is 1.28. The number of ether oxygens (including phenoxy) is 1. The van der Waals surface area contributed by atoms with Crippen LogP contribution < -0.4 is 5.32 Å². The van der Waals surface area contributed by atoms with Crippen molar-refractivity contribution in [3.05, 3.63) is 24.3 Å². The van der Waals surface area contributed by atoms with Gasteiger partial charge < -0.3 is 19.4 Å². The van der Waals surface area contributed by atoms with E-state index in [-0.39, 0.29) is 18.5 Å². The van der Waals surface area contributed by atoms with Crippen LogP contribution >= 0.6 is 0 Å². The zero-order valence-corrected chi connectivity index (χ0v) is 18.0. The molecule has 0 aliphatic carbocycles. The molecule has 0 bridgehead atoms. The molecule has 0 saturated carbocycles. The summed E-state index contributed by atoms with van der Waals surface area (Å²) in [6, 6.07) is 8.59. The van der Waals surface area contributed by atoms with Gasteiger partial charge in [-0.05, 0) is 52.2 Å². The number of likely N-dealkylation sites (tertiary alicyclic amines) is 2. The Morgan fingerprint density at radius 3 is 2.77 bits per heavy atom. The van der Waals surface area contributed by atoms with Crippen molar-refractivity contribution in [1.29, 1.82) is 5.26 Å². The van der Waals surface area contributed by atoms with Crippen molar-refractivity contribution in [2.45, 2.75) is 63.8 Å². The fourth-order valence-electron chi connectivity index (χ4n) is 4.16. The van der Waals surface area contributed by atoms with Crippen LogP contribution in [0.2, 0.25) is 0 Å². The minimum atomic E-state index is -0.703. The lowest BCUT2D eigenvalue weighted by Gasteiger charge is -2.30. The number of hydrogen-bond donors (Lipinski definition) is 1. The predicted molar refractivity (Wildman–Crippen MR) is 113 cm³/mol. The number of para-hydroxylation sites is 2. The van der Waals surface area contributed by atoms with E-state index in [2.05, 4.69) is 16.4 Å². The van der Waals surface area contributed by atoms with Crippen molar-refractivity contribution >= 4 is 29.1 Å². The number of oxazole rings is 1. The molecule has 1 N–H and O–H groups in total. The van der Waals surface area contributed by atoms with E-state index in [9.17, 15) is 14.9 Å². The maximum atomic E-state index is 13.3. The van der Waals surface area contributed by atoms with Gasteiger partial charge in [0.15, 0.2) is 5.58 Å². The average Bonchev–Trinajstić information content (AvgIpc) is 3.43. The molecule has 9 nitrogen and oxygen atoms in total. The topological polar surface area (TPSA) is 112 Å². The number of hydrogen-bond acceptors (Lipinski definition) is 7. The number of nitrogens with one attached hydrogen (secondary N) is 1. The van der Waals surface area contributed by atoms with Gasteiger partial charge in [0, 0.05) is 13.1 Å². The van der Waals surface area contributed by atoms with Crippen LogP contribution in [0.15, 0.2) is 28.7 Å². The first-order valence-electron chi connectivity index (χ1n) is 10.6. The molecule has 164 valence electrons. The van der Waals surface area contributed by atoms with Crippen LogP contribution in [0.1, 0.15) is 40.0 Å². The Kier molecular flexibility index (Phi) is 5.48. The second kappa shape index (κ2) is 8.10. The minimum Gasteiger partial charge on any atom is -0.444 e. The fourth-order valence-corrected chi connectivity index (χ4v) is 4.16. The Labute approximate surface area is 180 Å². The number of nitriles is 1. The van der Waals surface area contributed by atoms with Gasteiger partial charge in [-0.1, -0.05) is 12.1 Å². The van der Waals surface area contributed by atoms with Crippen molar-refractivity contribution in [3.8, 4) is 6.07 Å². The minimum absolute atomic E-state index is 0.211. The van der Waals surface area contributed by atoms with Gasteiger partial charge in [-0.25, -0.2) is 4.79 Å². The third-order valence-corrected chi connectivity index (χ3v) is 5.52. The molecule has 31 heavy (non-hydrogen) atoms. The average molecular weight is 425 g/mol. The normalized spacial score (nSPS) is 23.7. The highest BCUT2D eigenvalue weighted by Gasteiger charge is 2.45. The van der Waals surface area contributed by atoms with Gasteiger partial charge in [0.25, 0.3) is 6.01 Å². The number of amides is 2. The Hall–Kier alpha value is -3.28. The molecule has 9 heteroatoms. The number of nitrogens with zero attached hydrogens (tertiary/aromatic N) is 4. The van der Waals surface area contributed by atoms with E-state index in [0.29, 0.717) is 31.0 Å². The van der Waals surface area contributed by atoms with Crippen LogP contribution in [0.4, 0.5) is 10.8 Å². The van der Waals surface area contributed by atoms with Gasteiger partial charge in [0.05, 0.1) is 12.1 Å². The number of anilines is 1. The molecular weight excluding hydrogens is 398 g/mol. The molecule has 2 saturated heterocycles. The largest absolute Gasteiger partial charge is 0.444 e. The molecule has 1 aromatic heterocycles. The number of carbonyl (C=O) groups is 2. The maximum absolute atomic E-state index is 13.3. The molecular formula is C22H27N5O4. The second-order valence-corrected chi connectivity index (χ2v) is 9.03. The molecule has 0 spiro atoms. The molecule has 2 aromatic rings. The fraction of sp³-hybridized carbons (Fsp3) is 0.545. The maximum Gasteiger partial charge on any atom is 0.411 e. The quantitative estimate of drug-likeness (QED) is 0.804. The zero-order chi connectivity index (χ0) is 22.2. The summed E-state index contributed by atoms with van der Waals surface area (Å²) < 4.78 is 11.3. The number of benzene rings is 1. The number of aromatic nitrogens is 1. The lowest BCUT2D eigenvalue weighted by molar-refractivity contribution is -0.135. The highest BCUT2D eigenvalue weighted by molar-refractivity contribution is 5.87. The third-order valence-electron chi connectivity index (χ3n) is 5.52. The van der Waals surface area contributed by atoms with Crippen molar-refractivity contribution < 1.29 is 18.7 Å². The highest BCUT2D eigenvalue weighted by atomic mass is 16.6. The molecule has 2 aliphatic heterocycles. The first-order valence-corrected chi connectivity index (χ1v) is 10.6. The summed E-state index contributed by atoms with van der Waals surface area (Å²) >= 11 is 0. The van der Waals surface area contributed by atoms with Gasteiger partial charge in [-0.2, -0.15) is 10.2 Å². The first kappa shape index (κ1) is 21.0. The van der Waals surface area contributed by atoms with Crippen molar-refractivity contribution in [2.24, 2.45) is 0 Å². The molecule has 2 aliphatic rings. The van der Waals surface area contributed by atoms with Crippen molar-refractivity contribution in [1.82, 2.24) is 14.8 Å². The zero-order valence-electron chi connectivity index (χ0n) is 18.0. The molecule has 3 atom stereocenters. The number of rotatable bonds is 3. The lowest BCUT2D eigenvalue weighted by atomic mass is 10.1. The van der Waals surface area contributed by atoms with E-state index < -0.39 is 23.8 Å². The summed E-state index contributed by atoms with van der Waals surface area (Å²) in [5.74, 6) is -0.211. The monoisotopic (exact) mass is 425 g/mol. The van der Waals surface area contributed by atoms with Gasteiger partial charge in [-0.15, -0.1) is 0 Å². The van der Waals surface area contributed by atoms with Crippen LogP contribution in [-0.2, 0) is 9.53 Å². The van der Waals surface area contributed by atoms with E-state index >= 15 is 0 Å². The number of carbonyl (C=O) groups excluding carboxylic acids is 2. The molecule has 1 aromatic carbocycles. The van der Waals surface area contributed by atoms with Crippen LogP contribution in [-0.4, -0.2) is 63.6 Å². The smallest absolute Gasteiger partial charge is 0.411 e. The van der Waals surface area contributed by atoms with Gasteiger partial charge in [0.1, 0.15) is 23.2 Å². The van der Waals surface area contributed by atoms with Crippen LogP contribution in [0, 0.1) is 11.3 Å². The van der Waals surface area contributed by atoms with Crippen molar-refractivity contribution in [3.63, 3.8) is 0 Å². The highest BCUT2D eigenvalue weighted by Crippen LogP contribution is 2.29. The van der Waals surface area contributed by atoms with E-state index in [1.54, 1.807) is 25.7 Å². The van der Waals surface area contributed by atoms with Crippen LogP contribution in [0.5, 0.6) is 0 Å². The third kappa shape index (κ3) is 4.43.